The number of carboxylic acid groups (broad SMARTS) is 1. The number of carboxylic acids is 1. The number of nitro groups is 1. The maximum atomic E-state index is 11.2. The van der Waals surface area contributed by atoms with Crippen molar-refractivity contribution in [1.29, 1.82) is 0 Å². The van der Waals surface area contributed by atoms with Gasteiger partial charge in [0.25, 0.3) is 0 Å². The lowest BCUT2D eigenvalue weighted by Gasteiger charge is -2.12. The van der Waals surface area contributed by atoms with Gasteiger partial charge in [-0.1, -0.05) is 19.9 Å². The van der Waals surface area contributed by atoms with E-state index in [4.69, 9.17) is 9.84 Å². The summed E-state index contributed by atoms with van der Waals surface area (Å²) in [6.45, 7) is 4.02. The molecule has 0 amide bonds. The Morgan fingerprint density at radius 2 is 2.20 bits per heavy atom. The van der Waals surface area contributed by atoms with Crippen LogP contribution in [0.3, 0.4) is 0 Å². The van der Waals surface area contributed by atoms with Crippen LogP contribution in [0.4, 0.5) is 5.69 Å². The maximum Gasteiger partial charge on any atom is 0.324 e. The number of nitrogens with zero attached hydrogens (tertiary/aromatic N) is 1. The highest BCUT2D eigenvalue weighted by atomic mass is 32.2. The van der Waals surface area contributed by atoms with Crippen LogP contribution in [0, 0.1) is 10.1 Å². The second kappa shape index (κ2) is 7.74. The molecule has 0 aliphatic rings. The SMILES string of the molecule is CCCOc1cccc(SC(CC)C(=O)O)c1[N+](=O)[O-]. The first-order chi connectivity index (χ1) is 9.51. The molecule has 0 aliphatic carbocycles. The van der Waals surface area contributed by atoms with Gasteiger partial charge in [-0.2, -0.15) is 0 Å². The minimum Gasteiger partial charge on any atom is -0.487 e. The number of rotatable bonds is 8. The van der Waals surface area contributed by atoms with Crippen LogP contribution in [0.15, 0.2) is 23.1 Å². The summed E-state index contributed by atoms with van der Waals surface area (Å²) in [5, 5.41) is 19.6. The van der Waals surface area contributed by atoms with Gasteiger partial charge in [0.05, 0.1) is 16.4 Å². The van der Waals surface area contributed by atoms with Gasteiger partial charge < -0.3 is 9.84 Å². The van der Waals surface area contributed by atoms with Crippen molar-refractivity contribution in [2.75, 3.05) is 6.61 Å². The third kappa shape index (κ3) is 4.12. The highest BCUT2D eigenvalue weighted by Gasteiger charge is 2.26. The Labute approximate surface area is 121 Å². The molecule has 0 saturated carbocycles. The number of hydrogen-bond donors (Lipinski definition) is 1. The van der Waals surface area contributed by atoms with E-state index < -0.39 is 16.1 Å². The summed E-state index contributed by atoms with van der Waals surface area (Å²) in [6, 6.07) is 4.71. The van der Waals surface area contributed by atoms with Gasteiger partial charge in [0.2, 0.25) is 0 Å². The van der Waals surface area contributed by atoms with Crippen molar-refractivity contribution in [3.05, 3.63) is 28.3 Å². The molecular weight excluding hydrogens is 282 g/mol. The molecule has 0 saturated heterocycles. The van der Waals surface area contributed by atoms with Crippen LogP contribution in [0.1, 0.15) is 26.7 Å². The molecule has 0 radical (unpaired) electrons. The molecule has 1 unspecified atom stereocenters. The number of thioether (sulfide) groups is 1. The van der Waals surface area contributed by atoms with E-state index in [0.29, 0.717) is 17.9 Å². The van der Waals surface area contributed by atoms with Crippen molar-refractivity contribution in [1.82, 2.24) is 0 Å². The van der Waals surface area contributed by atoms with Crippen LogP contribution >= 0.6 is 11.8 Å². The van der Waals surface area contributed by atoms with E-state index in [1.165, 1.54) is 6.07 Å². The van der Waals surface area contributed by atoms with Gasteiger partial charge in [-0.25, -0.2) is 0 Å². The molecular formula is C13H17NO5S. The fourth-order valence-corrected chi connectivity index (χ4v) is 2.59. The molecule has 0 aromatic heterocycles. The van der Waals surface area contributed by atoms with Crippen molar-refractivity contribution in [3.63, 3.8) is 0 Å². The van der Waals surface area contributed by atoms with E-state index in [9.17, 15) is 14.9 Å². The molecule has 20 heavy (non-hydrogen) atoms. The van der Waals surface area contributed by atoms with E-state index in [0.717, 1.165) is 18.2 Å². The van der Waals surface area contributed by atoms with Crippen LogP contribution in [0.5, 0.6) is 5.75 Å². The quantitative estimate of drug-likeness (QED) is 0.450. The zero-order valence-electron chi connectivity index (χ0n) is 11.4. The van der Waals surface area contributed by atoms with Crippen LogP contribution in [0.25, 0.3) is 0 Å². The first-order valence-electron chi connectivity index (χ1n) is 6.30. The number of nitro benzene ring substituents is 1. The highest BCUT2D eigenvalue weighted by Crippen LogP contribution is 2.39. The Hall–Kier alpha value is -1.76. The van der Waals surface area contributed by atoms with Crippen molar-refractivity contribution in [2.45, 2.75) is 36.8 Å². The average molecular weight is 299 g/mol. The predicted molar refractivity (Wildman–Crippen MR) is 76.5 cm³/mol. The zero-order valence-corrected chi connectivity index (χ0v) is 12.2. The molecule has 0 bridgehead atoms. The normalized spacial score (nSPS) is 11.9. The summed E-state index contributed by atoms with van der Waals surface area (Å²) >= 11 is 0.978. The standard InChI is InChI=1S/C13H17NO5S/c1-3-8-19-9-6-5-7-11(12(9)14(17)18)20-10(4-2)13(15)16/h5-7,10H,3-4,8H2,1-2H3,(H,15,16). The van der Waals surface area contributed by atoms with Crippen LogP contribution in [-0.4, -0.2) is 27.9 Å². The summed E-state index contributed by atoms with van der Waals surface area (Å²) in [5.41, 5.74) is -0.161. The minimum absolute atomic E-state index is 0.161. The van der Waals surface area contributed by atoms with Gasteiger partial charge in [-0.05, 0) is 25.0 Å². The molecule has 0 aliphatic heterocycles. The van der Waals surface area contributed by atoms with E-state index in [-0.39, 0.29) is 11.4 Å². The molecule has 1 rings (SSSR count). The maximum absolute atomic E-state index is 11.2. The summed E-state index contributed by atoms with van der Waals surface area (Å²) in [7, 11) is 0. The minimum atomic E-state index is -0.980. The van der Waals surface area contributed by atoms with Crippen LogP contribution in [0.2, 0.25) is 0 Å². The lowest BCUT2D eigenvalue weighted by molar-refractivity contribution is -0.388. The van der Waals surface area contributed by atoms with E-state index >= 15 is 0 Å². The predicted octanol–water partition coefficient (Wildman–Crippen LogP) is 3.34. The Morgan fingerprint density at radius 3 is 2.70 bits per heavy atom. The first-order valence-corrected chi connectivity index (χ1v) is 7.18. The largest absolute Gasteiger partial charge is 0.487 e. The summed E-state index contributed by atoms with van der Waals surface area (Å²) in [5.74, 6) is -0.797. The second-order valence-corrected chi connectivity index (χ2v) is 5.31. The number of ether oxygens (including phenoxy) is 1. The van der Waals surface area contributed by atoms with Crippen molar-refractivity contribution in [2.24, 2.45) is 0 Å². The molecule has 1 aromatic rings. The lowest BCUT2D eigenvalue weighted by Crippen LogP contribution is -2.15. The number of para-hydroxylation sites is 1. The average Bonchev–Trinajstić information content (AvgIpc) is 2.41. The summed E-state index contributed by atoms with van der Waals surface area (Å²) in [4.78, 5) is 22.1. The van der Waals surface area contributed by atoms with Gasteiger partial charge in [0.15, 0.2) is 5.75 Å². The first kappa shape index (κ1) is 16.3. The smallest absolute Gasteiger partial charge is 0.324 e. The Kier molecular flexibility index (Phi) is 6.30. The highest BCUT2D eigenvalue weighted by molar-refractivity contribution is 8.00. The Balaban J connectivity index is 3.11. The van der Waals surface area contributed by atoms with Crippen LogP contribution < -0.4 is 4.74 Å². The van der Waals surface area contributed by atoms with Crippen molar-refractivity contribution < 1.29 is 19.6 Å². The molecule has 7 heteroatoms. The molecule has 1 atom stereocenters. The molecule has 0 heterocycles. The van der Waals surface area contributed by atoms with Gasteiger partial charge in [0.1, 0.15) is 5.25 Å². The molecule has 0 fully saturated rings. The van der Waals surface area contributed by atoms with Gasteiger partial charge in [-0.3, -0.25) is 14.9 Å². The Bertz CT molecular complexity index is 492. The molecule has 110 valence electrons. The summed E-state index contributed by atoms with van der Waals surface area (Å²) < 4.78 is 5.36. The van der Waals surface area contributed by atoms with Crippen LogP contribution in [-0.2, 0) is 4.79 Å². The van der Waals surface area contributed by atoms with E-state index in [1.54, 1.807) is 19.1 Å². The second-order valence-electron chi connectivity index (χ2n) is 4.06. The molecule has 1 N–H and O–H groups in total. The Morgan fingerprint density at radius 1 is 1.50 bits per heavy atom. The number of carbonyl (C=O) groups is 1. The van der Waals surface area contributed by atoms with Gasteiger partial charge >= 0.3 is 11.7 Å². The fourth-order valence-electron chi connectivity index (χ4n) is 1.57. The van der Waals surface area contributed by atoms with E-state index in [2.05, 4.69) is 0 Å². The van der Waals surface area contributed by atoms with Crippen molar-refractivity contribution >= 4 is 23.4 Å². The zero-order chi connectivity index (χ0) is 15.1. The third-order valence-corrected chi connectivity index (χ3v) is 3.92. The molecule has 6 nitrogen and oxygen atoms in total. The number of aliphatic carboxylic acids is 1. The topological polar surface area (TPSA) is 89.7 Å². The van der Waals surface area contributed by atoms with Crippen molar-refractivity contribution in [3.8, 4) is 5.75 Å². The van der Waals surface area contributed by atoms with Gasteiger partial charge in [0, 0.05) is 0 Å². The monoisotopic (exact) mass is 299 g/mol. The van der Waals surface area contributed by atoms with Gasteiger partial charge in [-0.15, -0.1) is 11.8 Å². The number of benzene rings is 1. The third-order valence-electron chi connectivity index (χ3n) is 2.52. The van der Waals surface area contributed by atoms with E-state index in [1.807, 2.05) is 6.92 Å². The molecule has 1 aromatic carbocycles. The molecule has 0 spiro atoms. The lowest BCUT2D eigenvalue weighted by atomic mass is 10.3. The fraction of sp³-hybridized carbons (Fsp3) is 0.462. The number of hydrogen-bond acceptors (Lipinski definition) is 5. The summed E-state index contributed by atoms with van der Waals surface area (Å²) in [6.07, 6.45) is 1.12.